The maximum absolute atomic E-state index is 5.40. The summed E-state index contributed by atoms with van der Waals surface area (Å²) in [5.74, 6) is 0. The Morgan fingerprint density at radius 3 is 1.77 bits per heavy atom. The van der Waals surface area contributed by atoms with Crippen molar-refractivity contribution in [1.29, 1.82) is 0 Å². The first-order chi connectivity index (χ1) is 31.7. The van der Waals surface area contributed by atoms with E-state index in [-0.39, 0.29) is 17.0 Å². The van der Waals surface area contributed by atoms with Crippen LogP contribution in [0.4, 0.5) is 17.1 Å². The van der Waals surface area contributed by atoms with Crippen LogP contribution < -0.4 is 10.2 Å². The SMILES string of the molecule is CC1(C)c2ccccc2-c2ccc(N(c3ccc(-c4ccccc4)cc3)c3c4c(cc5ccccc35)C(C)(C)c3cc(C5N=C(c6ccccc6)C=C(c6ccccc6)N5)ccc3-4)cc21. The third kappa shape index (κ3) is 6.29. The second-order valence-corrected chi connectivity index (χ2v) is 18.8. The number of anilines is 3. The van der Waals surface area contributed by atoms with Gasteiger partial charge < -0.3 is 10.2 Å². The van der Waals surface area contributed by atoms with Crippen LogP contribution in [0.2, 0.25) is 0 Å². The van der Waals surface area contributed by atoms with Crippen molar-refractivity contribution in [3.8, 4) is 33.4 Å². The quantitative estimate of drug-likeness (QED) is 0.173. The monoisotopic (exact) mass is 835 g/mol. The number of allylic oxidation sites excluding steroid dienone is 1. The van der Waals surface area contributed by atoms with Crippen LogP contribution in [0, 0.1) is 0 Å². The average Bonchev–Trinajstić information content (AvgIpc) is 3.73. The molecule has 0 fully saturated rings. The van der Waals surface area contributed by atoms with Crippen LogP contribution >= 0.6 is 0 Å². The minimum atomic E-state index is -0.303. The zero-order chi connectivity index (χ0) is 43.9. The third-order valence-electron chi connectivity index (χ3n) is 14.3. The van der Waals surface area contributed by atoms with Crippen LogP contribution in [-0.2, 0) is 10.8 Å². The van der Waals surface area contributed by atoms with E-state index < -0.39 is 0 Å². The molecule has 0 bridgehead atoms. The Hall–Kier alpha value is -7.75. The molecular weight excluding hydrogens is 787 g/mol. The number of benzene rings is 9. The van der Waals surface area contributed by atoms with Crippen LogP contribution in [-0.4, -0.2) is 5.71 Å². The third-order valence-corrected chi connectivity index (χ3v) is 14.3. The lowest BCUT2D eigenvalue weighted by Gasteiger charge is -2.32. The number of rotatable bonds is 7. The van der Waals surface area contributed by atoms with Gasteiger partial charge in [-0.25, -0.2) is 0 Å². The van der Waals surface area contributed by atoms with E-state index in [1.807, 2.05) is 0 Å². The van der Waals surface area contributed by atoms with E-state index in [2.05, 4.69) is 250 Å². The fraction of sp³-hybridized carbons (Fsp3) is 0.113. The molecule has 3 aliphatic rings. The molecule has 0 amide bonds. The van der Waals surface area contributed by atoms with Gasteiger partial charge in [0.05, 0.1) is 11.4 Å². The molecule has 1 aliphatic heterocycles. The van der Waals surface area contributed by atoms with Gasteiger partial charge in [-0.1, -0.05) is 204 Å². The van der Waals surface area contributed by atoms with Crippen molar-refractivity contribution in [3.63, 3.8) is 0 Å². The van der Waals surface area contributed by atoms with E-state index in [0.29, 0.717) is 0 Å². The predicted octanol–water partition coefficient (Wildman–Crippen LogP) is 15.7. The van der Waals surface area contributed by atoms with Gasteiger partial charge in [-0.3, -0.25) is 4.99 Å². The van der Waals surface area contributed by atoms with Gasteiger partial charge in [0.2, 0.25) is 0 Å². The van der Waals surface area contributed by atoms with E-state index in [1.165, 1.54) is 72.1 Å². The van der Waals surface area contributed by atoms with Gasteiger partial charge in [0, 0.05) is 38.9 Å². The lowest BCUT2D eigenvalue weighted by Crippen LogP contribution is -2.25. The Labute approximate surface area is 382 Å². The Bertz CT molecular complexity index is 3380. The van der Waals surface area contributed by atoms with Gasteiger partial charge in [0.15, 0.2) is 0 Å². The number of hydrogen-bond acceptors (Lipinski definition) is 3. The van der Waals surface area contributed by atoms with Crippen molar-refractivity contribution >= 4 is 39.2 Å². The zero-order valence-corrected chi connectivity index (χ0v) is 37.2. The summed E-state index contributed by atoms with van der Waals surface area (Å²) in [4.78, 5) is 7.94. The second kappa shape index (κ2) is 14.9. The average molecular weight is 836 g/mol. The summed E-state index contributed by atoms with van der Waals surface area (Å²) in [5, 5.41) is 6.29. The van der Waals surface area contributed by atoms with Gasteiger partial charge in [0.1, 0.15) is 6.17 Å². The van der Waals surface area contributed by atoms with Gasteiger partial charge in [-0.05, 0) is 109 Å². The molecule has 2 aliphatic carbocycles. The van der Waals surface area contributed by atoms with Crippen molar-refractivity contribution in [2.75, 3.05) is 4.90 Å². The first-order valence-electron chi connectivity index (χ1n) is 22.8. The molecule has 0 saturated carbocycles. The molecule has 9 aromatic rings. The van der Waals surface area contributed by atoms with Crippen LogP contribution in [0.15, 0.2) is 217 Å². The first-order valence-corrected chi connectivity index (χ1v) is 22.8. The molecule has 0 spiro atoms. The molecule has 1 unspecified atom stereocenters. The van der Waals surface area contributed by atoms with Crippen molar-refractivity contribution < 1.29 is 0 Å². The van der Waals surface area contributed by atoms with Gasteiger partial charge >= 0.3 is 0 Å². The maximum Gasteiger partial charge on any atom is 0.145 e. The molecule has 1 atom stereocenters. The minimum Gasteiger partial charge on any atom is -0.360 e. The van der Waals surface area contributed by atoms with Crippen molar-refractivity contribution in [3.05, 3.63) is 251 Å². The van der Waals surface area contributed by atoms with E-state index in [4.69, 9.17) is 4.99 Å². The summed E-state index contributed by atoms with van der Waals surface area (Å²) >= 11 is 0. The largest absolute Gasteiger partial charge is 0.360 e. The van der Waals surface area contributed by atoms with E-state index in [9.17, 15) is 0 Å². The fourth-order valence-corrected chi connectivity index (χ4v) is 10.9. The highest BCUT2D eigenvalue weighted by Crippen LogP contribution is 2.58. The molecule has 12 rings (SSSR count). The second-order valence-electron chi connectivity index (χ2n) is 18.8. The number of aliphatic imine (C=N–C) groups is 1. The van der Waals surface area contributed by atoms with E-state index in [0.717, 1.165) is 39.5 Å². The van der Waals surface area contributed by atoms with E-state index >= 15 is 0 Å². The number of nitrogens with zero attached hydrogens (tertiary/aromatic N) is 2. The van der Waals surface area contributed by atoms with Crippen molar-refractivity contribution in [1.82, 2.24) is 5.32 Å². The fourth-order valence-electron chi connectivity index (χ4n) is 10.9. The summed E-state index contributed by atoms with van der Waals surface area (Å²) in [6, 6.07) is 75.6. The maximum atomic E-state index is 5.40. The number of fused-ring (bicyclic) bond motifs is 7. The summed E-state index contributed by atoms with van der Waals surface area (Å²) in [6.07, 6.45) is 1.92. The summed E-state index contributed by atoms with van der Waals surface area (Å²) in [6.45, 7) is 9.55. The highest BCUT2D eigenvalue weighted by Gasteiger charge is 2.41. The van der Waals surface area contributed by atoms with Crippen LogP contribution in [0.25, 0.3) is 49.9 Å². The predicted molar refractivity (Wildman–Crippen MR) is 272 cm³/mol. The summed E-state index contributed by atoms with van der Waals surface area (Å²) in [5.41, 5.74) is 21.4. The van der Waals surface area contributed by atoms with E-state index in [1.54, 1.807) is 0 Å². The van der Waals surface area contributed by atoms with Crippen molar-refractivity contribution in [2.45, 2.75) is 44.7 Å². The minimum absolute atomic E-state index is 0.151. The topological polar surface area (TPSA) is 27.6 Å². The molecular formula is C62H49N3. The lowest BCUT2D eigenvalue weighted by atomic mass is 9.81. The molecule has 0 saturated heterocycles. The summed E-state index contributed by atoms with van der Waals surface area (Å²) in [7, 11) is 0. The lowest BCUT2D eigenvalue weighted by molar-refractivity contribution is 0.642. The zero-order valence-electron chi connectivity index (χ0n) is 37.2. The van der Waals surface area contributed by atoms with Crippen LogP contribution in [0.5, 0.6) is 0 Å². The molecule has 65 heavy (non-hydrogen) atoms. The van der Waals surface area contributed by atoms with Crippen LogP contribution in [0.1, 0.15) is 72.8 Å². The Kier molecular flexibility index (Phi) is 8.93. The summed E-state index contributed by atoms with van der Waals surface area (Å²) < 4.78 is 0. The number of hydrogen-bond donors (Lipinski definition) is 1. The highest BCUT2D eigenvalue weighted by atomic mass is 15.1. The molecule has 1 N–H and O–H groups in total. The van der Waals surface area contributed by atoms with Gasteiger partial charge in [-0.15, -0.1) is 0 Å². The standard InChI is InChI=1S/C62H49N3/c1-61(2)52-27-17-16-26-49(52)50-35-33-47(38-54(50)61)65(46-31-28-41(29-32-46)40-18-8-5-9-19-40)59-48-25-15-14-24-44(48)36-55-58(59)51-34-30-45(37-53(51)62(55,3)4)60-63-56(42-20-10-6-11-21-42)39-57(64-60)43-22-12-7-13-23-43/h5-39,60,63H,1-4H3. The first kappa shape index (κ1) is 38.9. The molecule has 312 valence electrons. The molecule has 0 aromatic heterocycles. The Balaban J connectivity index is 1.06. The normalized spacial score (nSPS) is 16.1. The highest BCUT2D eigenvalue weighted by molar-refractivity contribution is 6.13. The number of nitrogens with one attached hydrogen (secondary N) is 1. The van der Waals surface area contributed by atoms with Gasteiger partial charge in [-0.2, -0.15) is 0 Å². The van der Waals surface area contributed by atoms with Gasteiger partial charge in [0.25, 0.3) is 0 Å². The van der Waals surface area contributed by atoms with Crippen LogP contribution in [0.3, 0.4) is 0 Å². The Morgan fingerprint density at radius 2 is 1.02 bits per heavy atom. The molecule has 0 radical (unpaired) electrons. The molecule has 3 heteroatoms. The Morgan fingerprint density at radius 1 is 0.446 bits per heavy atom. The van der Waals surface area contributed by atoms with Crippen molar-refractivity contribution in [2.24, 2.45) is 4.99 Å². The smallest absolute Gasteiger partial charge is 0.145 e. The molecule has 9 aromatic carbocycles. The molecule has 3 nitrogen and oxygen atoms in total. The molecule has 1 heterocycles.